The summed E-state index contributed by atoms with van der Waals surface area (Å²) >= 11 is 0. The van der Waals surface area contributed by atoms with Crippen molar-refractivity contribution in [2.45, 2.75) is 13.0 Å². The molecule has 110 valence electrons. The van der Waals surface area contributed by atoms with Crippen LogP contribution in [0.5, 0.6) is 0 Å². The number of amides is 1. The number of primary amides is 1. The maximum Gasteiger partial charge on any atom is 0.248 e. The van der Waals surface area contributed by atoms with E-state index in [0.29, 0.717) is 5.56 Å². The van der Waals surface area contributed by atoms with E-state index in [1.54, 1.807) is 12.1 Å². The first-order valence-electron chi connectivity index (χ1n) is 7.15. The number of nitrogens with one attached hydrogen (secondary N) is 1. The summed E-state index contributed by atoms with van der Waals surface area (Å²) in [5.74, 6) is -0.380. The molecule has 1 heterocycles. The summed E-state index contributed by atoms with van der Waals surface area (Å²) in [7, 11) is 0. The van der Waals surface area contributed by atoms with Gasteiger partial charge in [-0.1, -0.05) is 12.1 Å². The molecule has 1 aromatic carbocycles. The number of morpholine rings is 1. The van der Waals surface area contributed by atoms with Crippen molar-refractivity contribution >= 4 is 5.91 Å². The van der Waals surface area contributed by atoms with Gasteiger partial charge in [-0.2, -0.15) is 0 Å². The Kier molecular flexibility index (Phi) is 5.98. The molecule has 0 unspecified atom stereocenters. The van der Waals surface area contributed by atoms with Gasteiger partial charge in [-0.15, -0.1) is 0 Å². The lowest BCUT2D eigenvalue weighted by molar-refractivity contribution is 0.0374. The lowest BCUT2D eigenvalue weighted by Gasteiger charge is -2.26. The van der Waals surface area contributed by atoms with Crippen molar-refractivity contribution in [1.82, 2.24) is 10.2 Å². The highest BCUT2D eigenvalue weighted by molar-refractivity contribution is 5.92. The minimum Gasteiger partial charge on any atom is -0.379 e. The van der Waals surface area contributed by atoms with Crippen molar-refractivity contribution in [2.75, 3.05) is 39.4 Å². The van der Waals surface area contributed by atoms with Gasteiger partial charge in [0.25, 0.3) is 0 Å². The molecule has 1 aromatic rings. The van der Waals surface area contributed by atoms with Gasteiger partial charge in [-0.25, -0.2) is 0 Å². The molecule has 1 saturated heterocycles. The van der Waals surface area contributed by atoms with Crippen molar-refractivity contribution in [3.05, 3.63) is 35.4 Å². The normalized spacial score (nSPS) is 16.2. The lowest BCUT2D eigenvalue weighted by atomic mass is 10.1. The number of benzene rings is 1. The van der Waals surface area contributed by atoms with Crippen LogP contribution >= 0.6 is 0 Å². The second-order valence-corrected chi connectivity index (χ2v) is 5.05. The van der Waals surface area contributed by atoms with Gasteiger partial charge in [0.1, 0.15) is 0 Å². The van der Waals surface area contributed by atoms with E-state index >= 15 is 0 Å². The summed E-state index contributed by atoms with van der Waals surface area (Å²) < 4.78 is 5.32. The molecule has 0 aromatic heterocycles. The second kappa shape index (κ2) is 7.99. The maximum atomic E-state index is 11.0. The number of nitrogens with two attached hydrogens (primary N) is 1. The third-order valence-corrected chi connectivity index (χ3v) is 3.50. The first kappa shape index (κ1) is 15.0. The first-order chi connectivity index (χ1) is 9.75. The molecule has 0 spiro atoms. The van der Waals surface area contributed by atoms with E-state index in [2.05, 4.69) is 10.2 Å². The summed E-state index contributed by atoms with van der Waals surface area (Å²) in [6, 6.07) is 7.42. The number of hydrogen-bond acceptors (Lipinski definition) is 4. The van der Waals surface area contributed by atoms with Gasteiger partial charge in [0.2, 0.25) is 5.91 Å². The van der Waals surface area contributed by atoms with Crippen molar-refractivity contribution in [1.29, 1.82) is 0 Å². The molecule has 1 aliphatic heterocycles. The fraction of sp³-hybridized carbons (Fsp3) is 0.533. The molecule has 1 amide bonds. The van der Waals surface area contributed by atoms with Crippen LogP contribution in [0.1, 0.15) is 22.3 Å². The molecule has 1 fully saturated rings. The molecule has 0 atom stereocenters. The fourth-order valence-electron chi connectivity index (χ4n) is 2.27. The highest BCUT2D eigenvalue weighted by Gasteiger charge is 2.08. The Balaban J connectivity index is 1.59. The van der Waals surface area contributed by atoms with E-state index in [0.717, 1.165) is 52.4 Å². The molecule has 0 radical (unpaired) electrons. The summed E-state index contributed by atoms with van der Waals surface area (Å²) in [6.45, 7) is 6.76. The highest BCUT2D eigenvalue weighted by atomic mass is 16.5. The quantitative estimate of drug-likeness (QED) is 0.716. The molecule has 0 aliphatic carbocycles. The molecule has 3 N–H and O–H groups in total. The van der Waals surface area contributed by atoms with Crippen LogP contribution in [0.2, 0.25) is 0 Å². The van der Waals surface area contributed by atoms with Gasteiger partial charge in [-0.3, -0.25) is 9.69 Å². The van der Waals surface area contributed by atoms with Crippen LogP contribution in [0, 0.1) is 0 Å². The monoisotopic (exact) mass is 277 g/mol. The topological polar surface area (TPSA) is 67.6 Å². The van der Waals surface area contributed by atoms with Gasteiger partial charge in [0, 0.05) is 25.2 Å². The average molecular weight is 277 g/mol. The van der Waals surface area contributed by atoms with Crippen LogP contribution in [0.3, 0.4) is 0 Å². The molecule has 1 aliphatic rings. The zero-order valence-corrected chi connectivity index (χ0v) is 11.8. The number of rotatable bonds is 7. The molecule has 5 nitrogen and oxygen atoms in total. The minimum absolute atomic E-state index is 0.380. The summed E-state index contributed by atoms with van der Waals surface area (Å²) in [5, 5.41) is 3.42. The van der Waals surface area contributed by atoms with Crippen molar-refractivity contribution in [3.8, 4) is 0 Å². The largest absolute Gasteiger partial charge is 0.379 e. The Hall–Kier alpha value is -1.43. The van der Waals surface area contributed by atoms with Crippen LogP contribution in [0.25, 0.3) is 0 Å². The van der Waals surface area contributed by atoms with Gasteiger partial charge in [0.05, 0.1) is 13.2 Å². The van der Waals surface area contributed by atoms with Gasteiger partial charge >= 0.3 is 0 Å². The number of hydrogen-bond donors (Lipinski definition) is 2. The Morgan fingerprint density at radius 1 is 1.25 bits per heavy atom. The lowest BCUT2D eigenvalue weighted by Crippen LogP contribution is -2.37. The molecular weight excluding hydrogens is 254 g/mol. The van der Waals surface area contributed by atoms with Crippen molar-refractivity contribution < 1.29 is 9.53 Å². The summed E-state index contributed by atoms with van der Waals surface area (Å²) in [5.41, 5.74) is 6.93. The van der Waals surface area contributed by atoms with Crippen LogP contribution in [-0.4, -0.2) is 50.2 Å². The summed E-state index contributed by atoms with van der Waals surface area (Å²) in [4.78, 5) is 13.4. The van der Waals surface area contributed by atoms with Gasteiger partial charge in [0.15, 0.2) is 0 Å². The van der Waals surface area contributed by atoms with Crippen LogP contribution < -0.4 is 11.1 Å². The van der Waals surface area contributed by atoms with E-state index in [-0.39, 0.29) is 5.91 Å². The minimum atomic E-state index is -0.380. The number of carbonyl (C=O) groups is 1. The van der Waals surface area contributed by atoms with Gasteiger partial charge < -0.3 is 15.8 Å². The Labute approximate surface area is 120 Å². The number of carbonyl (C=O) groups excluding carboxylic acids is 1. The van der Waals surface area contributed by atoms with E-state index in [1.165, 1.54) is 5.56 Å². The molecule has 2 rings (SSSR count). The van der Waals surface area contributed by atoms with E-state index in [4.69, 9.17) is 10.5 Å². The Bertz CT molecular complexity index is 414. The predicted octanol–water partition coefficient (Wildman–Crippen LogP) is 0.597. The molecule has 0 saturated carbocycles. The van der Waals surface area contributed by atoms with Gasteiger partial charge in [-0.05, 0) is 37.2 Å². The van der Waals surface area contributed by atoms with Crippen LogP contribution in [0.15, 0.2) is 24.3 Å². The second-order valence-electron chi connectivity index (χ2n) is 5.05. The van der Waals surface area contributed by atoms with E-state index in [9.17, 15) is 4.79 Å². The number of ether oxygens (including phenoxy) is 1. The van der Waals surface area contributed by atoms with Crippen molar-refractivity contribution in [3.63, 3.8) is 0 Å². The standard InChI is InChI=1S/C15H23N3O2/c16-15(19)14-4-2-13(3-5-14)12-17-6-1-7-18-8-10-20-11-9-18/h2-5,17H,1,6-12H2,(H2,16,19). The zero-order valence-electron chi connectivity index (χ0n) is 11.8. The smallest absolute Gasteiger partial charge is 0.248 e. The number of nitrogens with zero attached hydrogens (tertiary/aromatic N) is 1. The first-order valence-corrected chi connectivity index (χ1v) is 7.15. The zero-order chi connectivity index (χ0) is 14.2. The predicted molar refractivity (Wildman–Crippen MR) is 78.5 cm³/mol. The molecule has 0 bridgehead atoms. The molecule has 20 heavy (non-hydrogen) atoms. The fourth-order valence-corrected chi connectivity index (χ4v) is 2.27. The highest BCUT2D eigenvalue weighted by Crippen LogP contribution is 2.03. The Morgan fingerprint density at radius 2 is 1.95 bits per heavy atom. The Morgan fingerprint density at radius 3 is 2.60 bits per heavy atom. The molecule has 5 heteroatoms. The average Bonchev–Trinajstić information content (AvgIpc) is 2.48. The van der Waals surface area contributed by atoms with E-state index in [1.807, 2.05) is 12.1 Å². The van der Waals surface area contributed by atoms with Crippen LogP contribution in [-0.2, 0) is 11.3 Å². The third-order valence-electron chi connectivity index (χ3n) is 3.50. The molecular formula is C15H23N3O2. The van der Waals surface area contributed by atoms with Crippen LogP contribution in [0.4, 0.5) is 0 Å². The SMILES string of the molecule is NC(=O)c1ccc(CNCCCN2CCOCC2)cc1. The maximum absolute atomic E-state index is 11.0. The van der Waals surface area contributed by atoms with Crippen molar-refractivity contribution in [2.24, 2.45) is 5.73 Å². The summed E-state index contributed by atoms with van der Waals surface area (Å²) in [6.07, 6.45) is 1.14. The van der Waals surface area contributed by atoms with E-state index < -0.39 is 0 Å². The third kappa shape index (κ3) is 4.92.